The highest BCUT2D eigenvalue weighted by atomic mass is 32.2. The SMILES string of the molecule is COCCN(C(=O)CSc1nnnn1C1CC1)[C@@H]1CCS(=O)(=O)C1. The van der Waals surface area contributed by atoms with Gasteiger partial charge in [0.15, 0.2) is 9.84 Å². The largest absolute Gasteiger partial charge is 0.383 e. The lowest BCUT2D eigenvalue weighted by atomic mass is 10.2. The van der Waals surface area contributed by atoms with Crippen molar-refractivity contribution in [3.8, 4) is 0 Å². The summed E-state index contributed by atoms with van der Waals surface area (Å²) in [6.07, 6.45) is 2.61. The molecule has 1 aliphatic heterocycles. The third-order valence-electron chi connectivity index (χ3n) is 4.19. The van der Waals surface area contributed by atoms with Crippen LogP contribution in [-0.2, 0) is 19.4 Å². The normalized spacial score (nSPS) is 22.6. The van der Waals surface area contributed by atoms with E-state index in [1.54, 1.807) is 16.7 Å². The molecule has 134 valence electrons. The highest BCUT2D eigenvalue weighted by Crippen LogP contribution is 2.36. The lowest BCUT2D eigenvalue weighted by molar-refractivity contribution is -0.130. The zero-order valence-electron chi connectivity index (χ0n) is 13.5. The van der Waals surface area contributed by atoms with E-state index in [0.29, 0.717) is 30.8 Å². The molecule has 0 spiro atoms. The van der Waals surface area contributed by atoms with Gasteiger partial charge >= 0.3 is 0 Å². The number of sulfone groups is 1. The van der Waals surface area contributed by atoms with Crippen molar-refractivity contribution < 1.29 is 17.9 Å². The summed E-state index contributed by atoms with van der Waals surface area (Å²) in [6.45, 7) is 0.774. The van der Waals surface area contributed by atoms with Gasteiger partial charge in [-0.1, -0.05) is 11.8 Å². The van der Waals surface area contributed by atoms with Crippen LogP contribution in [0.1, 0.15) is 25.3 Å². The molecule has 1 saturated carbocycles. The maximum Gasteiger partial charge on any atom is 0.233 e. The second kappa shape index (κ2) is 7.36. The number of methoxy groups -OCH3 is 1. The van der Waals surface area contributed by atoms with Crippen molar-refractivity contribution in [1.29, 1.82) is 0 Å². The molecule has 1 amide bonds. The molecular formula is C13H21N5O4S2. The Morgan fingerprint density at radius 3 is 2.83 bits per heavy atom. The molecule has 0 radical (unpaired) electrons. The van der Waals surface area contributed by atoms with Gasteiger partial charge in [-0.25, -0.2) is 13.1 Å². The number of ether oxygens (including phenoxy) is 1. The number of aromatic nitrogens is 4. The molecule has 1 aromatic heterocycles. The molecule has 0 N–H and O–H groups in total. The van der Waals surface area contributed by atoms with E-state index in [0.717, 1.165) is 12.8 Å². The van der Waals surface area contributed by atoms with Gasteiger partial charge in [0.05, 0.1) is 29.9 Å². The Hall–Kier alpha value is -1.20. The van der Waals surface area contributed by atoms with Gasteiger partial charge in [-0.15, -0.1) is 5.10 Å². The fourth-order valence-corrected chi connectivity index (χ4v) is 5.32. The number of hydrogen-bond acceptors (Lipinski definition) is 8. The van der Waals surface area contributed by atoms with Gasteiger partial charge in [-0.3, -0.25) is 4.79 Å². The molecule has 1 atom stereocenters. The molecule has 2 fully saturated rings. The van der Waals surface area contributed by atoms with Gasteiger partial charge < -0.3 is 9.64 Å². The quantitative estimate of drug-likeness (QED) is 0.573. The maximum atomic E-state index is 12.6. The monoisotopic (exact) mass is 375 g/mol. The van der Waals surface area contributed by atoms with Gasteiger partial charge in [-0.05, 0) is 29.7 Å². The molecule has 0 aromatic carbocycles. The second-order valence-corrected chi connectivity index (χ2v) is 9.23. The van der Waals surface area contributed by atoms with E-state index in [1.807, 2.05) is 0 Å². The molecule has 0 unspecified atom stereocenters. The summed E-state index contributed by atoms with van der Waals surface area (Å²) in [5, 5.41) is 12.2. The lowest BCUT2D eigenvalue weighted by Crippen LogP contribution is -2.44. The number of rotatable bonds is 8. The first-order chi connectivity index (χ1) is 11.5. The van der Waals surface area contributed by atoms with Crippen LogP contribution < -0.4 is 0 Å². The highest BCUT2D eigenvalue weighted by Gasteiger charge is 2.35. The maximum absolute atomic E-state index is 12.6. The topological polar surface area (TPSA) is 107 Å². The average molecular weight is 375 g/mol. The van der Waals surface area contributed by atoms with Gasteiger partial charge in [0.1, 0.15) is 0 Å². The fraction of sp³-hybridized carbons (Fsp3) is 0.846. The summed E-state index contributed by atoms with van der Waals surface area (Å²) in [6, 6.07) is 0.0832. The van der Waals surface area contributed by atoms with Crippen molar-refractivity contribution in [3.63, 3.8) is 0 Å². The van der Waals surface area contributed by atoms with Crippen LogP contribution in [0.4, 0.5) is 0 Å². The molecule has 9 nitrogen and oxygen atoms in total. The Balaban J connectivity index is 1.61. The van der Waals surface area contributed by atoms with E-state index in [4.69, 9.17) is 4.74 Å². The Morgan fingerprint density at radius 2 is 2.21 bits per heavy atom. The second-order valence-electron chi connectivity index (χ2n) is 6.06. The molecule has 1 saturated heterocycles. The van der Waals surface area contributed by atoms with Crippen molar-refractivity contribution >= 4 is 27.5 Å². The summed E-state index contributed by atoms with van der Waals surface area (Å²) >= 11 is 1.30. The average Bonchev–Trinajstić information content (AvgIpc) is 3.17. The number of carbonyl (C=O) groups excluding carboxylic acids is 1. The number of tetrazole rings is 1. The molecule has 2 aliphatic rings. The first-order valence-electron chi connectivity index (χ1n) is 7.89. The fourth-order valence-electron chi connectivity index (χ4n) is 2.76. The third-order valence-corrected chi connectivity index (χ3v) is 6.85. The number of amides is 1. The predicted molar refractivity (Wildman–Crippen MR) is 87.5 cm³/mol. The Kier molecular flexibility index (Phi) is 5.40. The molecule has 0 bridgehead atoms. The van der Waals surface area contributed by atoms with Crippen molar-refractivity contribution in [1.82, 2.24) is 25.1 Å². The first kappa shape index (κ1) is 17.6. The highest BCUT2D eigenvalue weighted by molar-refractivity contribution is 7.99. The smallest absolute Gasteiger partial charge is 0.233 e. The number of hydrogen-bond donors (Lipinski definition) is 0. The summed E-state index contributed by atoms with van der Waals surface area (Å²) < 4.78 is 30.2. The van der Waals surface area contributed by atoms with E-state index < -0.39 is 9.84 Å². The zero-order chi connectivity index (χ0) is 17.2. The minimum atomic E-state index is -3.04. The number of carbonyl (C=O) groups is 1. The van der Waals surface area contributed by atoms with Crippen LogP contribution in [0.25, 0.3) is 0 Å². The molecule has 11 heteroatoms. The van der Waals surface area contributed by atoms with Crippen molar-refractivity contribution in [2.24, 2.45) is 0 Å². The first-order valence-corrected chi connectivity index (χ1v) is 10.7. The van der Waals surface area contributed by atoms with Crippen LogP contribution in [0, 0.1) is 0 Å². The van der Waals surface area contributed by atoms with Gasteiger partial charge in [0.2, 0.25) is 11.1 Å². The van der Waals surface area contributed by atoms with E-state index in [-0.39, 0.29) is 29.2 Å². The van der Waals surface area contributed by atoms with Crippen LogP contribution in [0.2, 0.25) is 0 Å². The van der Waals surface area contributed by atoms with Crippen molar-refractivity contribution in [2.75, 3.05) is 37.5 Å². The van der Waals surface area contributed by atoms with E-state index >= 15 is 0 Å². The summed E-state index contributed by atoms with van der Waals surface area (Å²) in [5.74, 6) is 0.256. The number of nitrogens with zero attached hydrogens (tertiary/aromatic N) is 5. The van der Waals surface area contributed by atoms with Gasteiger partial charge in [0.25, 0.3) is 0 Å². The van der Waals surface area contributed by atoms with E-state index in [2.05, 4.69) is 15.5 Å². The lowest BCUT2D eigenvalue weighted by Gasteiger charge is -2.27. The Morgan fingerprint density at radius 1 is 1.42 bits per heavy atom. The molecule has 1 aromatic rings. The van der Waals surface area contributed by atoms with Crippen LogP contribution >= 0.6 is 11.8 Å². The van der Waals surface area contributed by atoms with Crippen LogP contribution in [0.15, 0.2) is 5.16 Å². The predicted octanol–water partition coefficient (Wildman–Crippen LogP) is -0.238. The summed E-state index contributed by atoms with van der Waals surface area (Å²) in [7, 11) is -1.48. The van der Waals surface area contributed by atoms with Crippen LogP contribution in [0.5, 0.6) is 0 Å². The summed E-state index contributed by atoms with van der Waals surface area (Å²) in [4.78, 5) is 14.2. The minimum absolute atomic E-state index is 0.0347. The molecular weight excluding hydrogens is 354 g/mol. The Bertz CT molecular complexity index is 688. The van der Waals surface area contributed by atoms with Gasteiger partial charge in [-0.2, -0.15) is 0 Å². The van der Waals surface area contributed by atoms with E-state index in [1.165, 1.54) is 11.8 Å². The van der Waals surface area contributed by atoms with Crippen molar-refractivity contribution in [2.45, 2.75) is 36.5 Å². The minimum Gasteiger partial charge on any atom is -0.383 e. The third kappa shape index (κ3) is 4.25. The Labute approximate surface area is 145 Å². The van der Waals surface area contributed by atoms with E-state index in [9.17, 15) is 13.2 Å². The number of thioether (sulfide) groups is 1. The molecule has 3 rings (SSSR count). The molecule has 24 heavy (non-hydrogen) atoms. The zero-order valence-corrected chi connectivity index (χ0v) is 15.1. The van der Waals surface area contributed by atoms with Crippen LogP contribution in [-0.4, -0.2) is 83.0 Å². The van der Waals surface area contributed by atoms with Gasteiger partial charge in [0, 0.05) is 19.7 Å². The molecule has 2 heterocycles. The summed E-state index contributed by atoms with van der Waals surface area (Å²) in [5.41, 5.74) is 0. The van der Waals surface area contributed by atoms with Crippen LogP contribution in [0.3, 0.4) is 0 Å². The standard InChI is InChI=1S/C13H21N5O4S2/c1-22-6-5-17(11-4-7-24(20,21)9-11)12(19)8-23-13-14-15-16-18(13)10-2-3-10/h10-11H,2-9H2,1H3/t11-/m1/s1. The van der Waals surface area contributed by atoms with Crippen molar-refractivity contribution in [3.05, 3.63) is 0 Å². The molecule has 1 aliphatic carbocycles.